The van der Waals surface area contributed by atoms with Crippen LogP contribution in [0.2, 0.25) is 0 Å². The van der Waals surface area contributed by atoms with Gasteiger partial charge in [0.2, 0.25) is 0 Å². The molecule has 4 aliphatic rings. The molecular weight excluding hydrogens is 364 g/mol. The van der Waals surface area contributed by atoms with Gasteiger partial charge in [-0.15, -0.1) is 0 Å². The van der Waals surface area contributed by atoms with Gasteiger partial charge < -0.3 is 5.11 Å². The maximum atomic E-state index is 10.3. The Morgan fingerprint density at radius 2 is 1.70 bits per heavy atom. The monoisotopic (exact) mass is 412 g/mol. The third-order valence-electron chi connectivity index (χ3n) is 10.7. The van der Waals surface area contributed by atoms with E-state index in [0.717, 1.165) is 42.4 Å². The molecule has 4 aliphatic carbocycles. The van der Waals surface area contributed by atoms with Crippen molar-refractivity contribution in [3.63, 3.8) is 0 Å². The average molecular weight is 413 g/mol. The number of aliphatic hydroxyl groups is 1. The minimum absolute atomic E-state index is 0.0480. The molecule has 0 aromatic heterocycles. The first-order chi connectivity index (χ1) is 14.2. The van der Waals surface area contributed by atoms with Crippen molar-refractivity contribution in [1.29, 1.82) is 0 Å². The lowest BCUT2D eigenvalue weighted by atomic mass is 9.47. The molecule has 1 heteroatoms. The van der Waals surface area contributed by atoms with E-state index < -0.39 is 0 Å². The van der Waals surface area contributed by atoms with E-state index in [1.807, 2.05) is 5.57 Å². The Morgan fingerprint density at radius 1 is 1.00 bits per heavy atom. The lowest BCUT2D eigenvalue weighted by Crippen LogP contribution is -2.49. The van der Waals surface area contributed by atoms with Crippen LogP contribution in [0, 0.1) is 52.3 Å². The fourth-order valence-electron chi connectivity index (χ4n) is 8.68. The van der Waals surface area contributed by atoms with Crippen LogP contribution < -0.4 is 0 Å². The topological polar surface area (TPSA) is 20.2 Å². The fourth-order valence-corrected chi connectivity index (χ4v) is 8.68. The number of rotatable bonds is 5. The van der Waals surface area contributed by atoms with Gasteiger partial charge in [0.25, 0.3) is 0 Å². The molecule has 0 unspecified atom stereocenters. The second-order valence-electron chi connectivity index (χ2n) is 12.5. The first-order valence-electron chi connectivity index (χ1n) is 13.3. The highest BCUT2D eigenvalue weighted by Gasteiger charge is 2.57. The summed E-state index contributed by atoms with van der Waals surface area (Å²) < 4.78 is 0. The van der Waals surface area contributed by atoms with Gasteiger partial charge in [0, 0.05) is 0 Å². The van der Waals surface area contributed by atoms with Gasteiger partial charge in [-0.2, -0.15) is 0 Å². The van der Waals surface area contributed by atoms with Gasteiger partial charge in [-0.25, -0.2) is 0 Å². The normalized spacial score (nSPS) is 45.6. The first kappa shape index (κ1) is 22.6. The van der Waals surface area contributed by atoms with Gasteiger partial charge in [-0.3, -0.25) is 0 Å². The molecule has 0 saturated heterocycles. The molecule has 170 valence electrons. The maximum Gasteiger partial charge on any atom is 0.0543 e. The van der Waals surface area contributed by atoms with E-state index in [4.69, 9.17) is 0 Å². The first-order valence-corrected chi connectivity index (χ1v) is 13.3. The molecule has 0 spiro atoms. The Hall–Kier alpha value is -0.560. The predicted molar refractivity (Wildman–Crippen MR) is 128 cm³/mol. The average Bonchev–Trinajstić information content (AvgIpc) is 3.06. The predicted octanol–water partition coefficient (Wildman–Crippen LogP) is 7.80. The summed E-state index contributed by atoms with van der Waals surface area (Å²) in [5.41, 5.74) is 2.79. The van der Waals surface area contributed by atoms with Crippen molar-refractivity contribution in [2.75, 3.05) is 0 Å². The zero-order valence-electron chi connectivity index (χ0n) is 20.7. The molecule has 30 heavy (non-hydrogen) atoms. The van der Waals surface area contributed by atoms with E-state index >= 15 is 0 Å². The van der Waals surface area contributed by atoms with Crippen LogP contribution in [0.4, 0.5) is 0 Å². The van der Waals surface area contributed by atoms with Gasteiger partial charge in [-0.05, 0) is 110 Å². The fraction of sp³-hybridized carbons (Fsp3) is 0.862. The molecule has 0 radical (unpaired) electrons. The van der Waals surface area contributed by atoms with Crippen molar-refractivity contribution in [3.8, 4) is 0 Å². The SMILES string of the molecule is CC[C@H](C=C[C@H](C)[C@@H]1CC[C@H]2C3=CC[C@H]4C[C@@H](O)CC[C@]4(C)[C@H]3CC[C@]21C)C(C)C. The van der Waals surface area contributed by atoms with E-state index in [1.54, 1.807) is 0 Å². The minimum atomic E-state index is -0.0480. The molecule has 0 aliphatic heterocycles. The molecule has 0 bridgehead atoms. The summed E-state index contributed by atoms with van der Waals surface area (Å²) >= 11 is 0. The van der Waals surface area contributed by atoms with Crippen molar-refractivity contribution in [1.82, 2.24) is 0 Å². The third kappa shape index (κ3) is 3.66. The van der Waals surface area contributed by atoms with Crippen molar-refractivity contribution in [2.45, 2.75) is 105 Å². The van der Waals surface area contributed by atoms with Crippen LogP contribution in [-0.2, 0) is 0 Å². The quantitative estimate of drug-likeness (QED) is 0.457. The summed E-state index contributed by atoms with van der Waals surface area (Å²) in [6.07, 6.45) is 19.2. The van der Waals surface area contributed by atoms with Crippen molar-refractivity contribution in [2.24, 2.45) is 52.3 Å². The Labute approximate surface area is 186 Å². The number of aliphatic hydroxyl groups excluding tert-OH is 1. The highest BCUT2D eigenvalue weighted by Crippen LogP contribution is 2.66. The highest BCUT2D eigenvalue weighted by molar-refractivity contribution is 5.28. The van der Waals surface area contributed by atoms with Gasteiger partial charge in [0.05, 0.1) is 6.10 Å². The molecule has 0 aromatic rings. The highest BCUT2D eigenvalue weighted by atomic mass is 16.3. The third-order valence-corrected chi connectivity index (χ3v) is 10.7. The van der Waals surface area contributed by atoms with Crippen LogP contribution in [0.1, 0.15) is 99.3 Å². The Morgan fingerprint density at radius 3 is 2.40 bits per heavy atom. The molecule has 0 aromatic carbocycles. The number of hydrogen-bond acceptors (Lipinski definition) is 1. The van der Waals surface area contributed by atoms with E-state index in [9.17, 15) is 5.11 Å². The van der Waals surface area contributed by atoms with E-state index in [0.29, 0.717) is 22.7 Å². The van der Waals surface area contributed by atoms with Crippen molar-refractivity contribution < 1.29 is 5.11 Å². The zero-order chi connectivity index (χ0) is 21.7. The molecule has 0 amide bonds. The van der Waals surface area contributed by atoms with Crippen LogP contribution in [0.15, 0.2) is 23.8 Å². The van der Waals surface area contributed by atoms with E-state index in [1.165, 1.54) is 44.9 Å². The summed E-state index contributed by atoms with van der Waals surface area (Å²) in [5.74, 6) is 5.32. The Bertz CT molecular complexity index is 674. The van der Waals surface area contributed by atoms with Crippen molar-refractivity contribution in [3.05, 3.63) is 23.8 Å². The molecule has 4 rings (SSSR count). The molecule has 1 N–H and O–H groups in total. The van der Waals surface area contributed by atoms with Crippen LogP contribution in [0.3, 0.4) is 0 Å². The molecule has 3 saturated carbocycles. The van der Waals surface area contributed by atoms with Crippen LogP contribution in [0.5, 0.6) is 0 Å². The lowest BCUT2D eigenvalue weighted by Gasteiger charge is -2.57. The van der Waals surface area contributed by atoms with E-state index in [2.05, 4.69) is 59.8 Å². The van der Waals surface area contributed by atoms with Crippen molar-refractivity contribution >= 4 is 0 Å². The Balaban J connectivity index is 1.53. The molecule has 9 atom stereocenters. The molecule has 3 fully saturated rings. The number of fused-ring (bicyclic) bond motifs is 5. The molecular formula is C29H48O. The molecule has 0 heterocycles. The smallest absolute Gasteiger partial charge is 0.0543 e. The second-order valence-corrected chi connectivity index (χ2v) is 12.5. The van der Waals surface area contributed by atoms with Gasteiger partial charge in [0.1, 0.15) is 0 Å². The maximum absolute atomic E-state index is 10.3. The Kier molecular flexibility index (Phi) is 6.35. The van der Waals surface area contributed by atoms with Crippen LogP contribution >= 0.6 is 0 Å². The summed E-state index contributed by atoms with van der Waals surface area (Å²) in [6, 6.07) is 0. The minimum Gasteiger partial charge on any atom is -0.393 e. The van der Waals surface area contributed by atoms with Gasteiger partial charge in [-0.1, -0.05) is 65.3 Å². The summed E-state index contributed by atoms with van der Waals surface area (Å²) in [7, 11) is 0. The van der Waals surface area contributed by atoms with Crippen LogP contribution in [0.25, 0.3) is 0 Å². The second kappa shape index (κ2) is 8.42. The summed E-state index contributed by atoms with van der Waals surface area (Å²) in [5, 5.41) is 10.3. The largest absolute Gasteiger partial charge is 0.393 e. The van der Waals surface area contributed by atoms with Gasteiger partial charge >= 0.3 is 0 Å². The van der Waals surface area contributed by atoms with Gasteiger partial charge in [0.15, 0.2) is 0 Å². The van der Waals surface area contributed by atoms with Crippen LogP contribution in [-0.4, -0.2) is 11.2 Å². The number of allylic oxidation sites excluding steroid dienone is 4. The molecule has 1 nitrogen and oxygen atoms in total. The zero-order valence-corrected chi connectivity index (χ0v) is 20.7. The summed E-state index contributed by atoms with van der Waals surface area (Å²) in [6.45, 7) is 14.8. The standard InChI is InChI=1S/C29H48O/c1-7-21(19(2)3)9-8-20(4)25-12-13-26-24-11-10-22-18-23(30)14-16-28(22,5)27(24)15-17-29(25,26)6/h8-9,11,19-23,25-27,30H,7,10,12-18H2,1-6H3/t20-,21+,22-,23-,25-,26-,27-,28-,29-/m0/s1. The summed E-state index contributed by atoms with van der Waals surface area (Å²) in [4.78, 5) is 0. The number of hydrogen-bond donors (Lipinski definition) is 1. The lowest BCUT2D eigenvalue weighted by molar-refractivity contribution is -0.0414. The van der Waals surface area contributed by atoms with E-state index in [-0.39, 0.29) is 6.10 Å².